The number of nitrogens with one attached hydrogen (secondary N) is 2. The Balaban J connectivity index is 1.76. The number of urea groups is 1. The molecule has 2 aromatic heterocycles. The van der Waals surface area contributed by atoms with Crippen molar-refractivity contribution in [3.8, 4) is 0 Å². The number of hydrogen-bond donors (Lipinski definition) is 2. The minimum absolute atomic E-state index is 0.107. The Morgan fingerprint density at radius 1 is 1.50 bits per heavy atom. The van der Waals surface area contributed by atoms with E-state index in [9.17, 15) is 4.79 Å². The normalized spacial score (nSPS) is 10.8. The lowest BCUT2D eigenvalue weighted by Gasteiger charge is -2.04. The van der Waals surface area contributed by atoms with Gasteiger partial charge in [-0.05, 0) is 26.0 Å². The summed E-state index contributed by atoms with van der Waals surface area (Å²) in [5, 5.41) is 16.9. The summed E-state index contributed by atoms with van der Waals surface area (Å²) in [4.78, 5) is 18.4. The van der Waals surface area contributed by atoms with Gasteiger partial charge in [0.05, 0.1) is 17.2 Å². The molecule has 0 aliphatic heterocycles. The molecule has 0 fully saturated rings. The molecular formula is C11H17N7OS. The maximum absolute atomic E-state index is 11.7. The molecule has 0 atom stereocenters. The number of carbonyl (C=O) groups is 1. The third-order valence-electron chi connectivity index (χ3n) is 2.60. The molecule has 2 amide bonds. The number of anilines is 1. The van der Waals surface area contributed by atoms with Crippen LogP contribution in [0.25, 0.3) is 0 Å². The predicted molar refractivity (Wildman–Crippen MR) is 75.8 cm³/mol. The minimum atomic E-state index is -0.338. The molecule has 0 radical (unpaired) electrons. The second-order valence-electron chi connectivity index (χ2n) is 4.52. The number of aryl methyl sites for hydroxylation is 1. The summed E-state index contributed by atoms with van der Waals surface area (Å²) in [6, 6.07) is -0.231. The van der Waals surface area contributed by atoms with Crippen molar-refractivity contribution in [1.29, 1.82) is 0 Å². The summed E-state index contributed by atoms with van der Waals surface area (Å²) in [6.45, 7) is 6.36. The van der Waals surface area contributed by atoms with E-state index in [4.69, 9.17) is 0 Å². The van der Waals surface area contributed by atoms with Crippen molar-refractivity contribution in [3.05, 3.63) is 16.1 Å². The fourth-order valence-corrected chi connectivity index (χ4v) is 2.28. The number of amides is 2. The Bertz CT molecular complexity index is 577. The number of nitrogens with zero attached hydrogens (tertiary/aromatic N) is 5. The van der Waals surface area contributed by atoms with Crippen LogP contribution in [0.15, 0.2) is 5.51 Å². The van der Waals surface area contributed by atoms with Gasteiger partial charge >= 0.3 is 6.03 Å². The number of rotatable bonds is 5. The van der Waals surface area contributed by atoms with Crippen LogP contribution in [0.2, 0.25) is 0 Å². The zero-order chi connectivity index (χ0) is 14.5. The first-order chi connectivity index (χ1) is 9.56. The van der Waals surface area contributed by atoms with E-state index in [-0.39, 0.29) is 18.0 Å². The number of thiazole rings is 1. The predicted octanol–water partition coefficient (Wildman–Crippen LogP) is 1.38. The van der Waals surface area contributed by atoms with Crippen molar-refractivity contribution in [2.24, 2.45) is 0 Å². The molecule has 9 heteroatoms. The molecule has 2 aromatic rings. The molecular weight excluding hydrogens is 278 g/mol. The van der Waals surface area contributed by atoms with Gasteiger partial charge in [-0.15, -0.1) is 16.4 Å². The van der Waals surface area contributed by atoms with Gasteiger partial charge in [-0.2, -0.15) is 4.80 Å². The summed E-state index contributed by atoms with van der Waals surface area (Å²) in [5.74, 6) is 0.199. The number of carbonyl (C=O) groups excluding carboxylic acids is 1. The third-order valence-corrected chi connectivity index (χ3v) is 3.59. The monoisotopic (exact) mass is 295 g/mol. The Kier molecular flexibility index (Phi) is 4.61. The van der Waals surface area contributed by atoms with E-state index in [2.05, 4.69) is 31.0 Å². The van der Waals surface area contributed by atoms with E-state index in [0.29, 0.717) is 6.54 Å². The van der Waals surface area contributed by atoms with E-state index in [1.54, 1.807) is 16.8 Å². The lowest BCUT2D eigenvalue weighted by atomic mass is 10.3. The van der Waals surface area contributed by atoms with Crippen molar-refractivity contribution < 1.29 is 4.79 Å². The van der Waals surface area contributed by atoms with Crippen molar-refractivity contribution in [2.75, 3.05) is 11.9 Å². The average molecular weight is 295 g/mol. The maximum Gasteiger partial charge on any atom is 0.321 e. The average Bonchev–Trinajstić information content (AvgIpc) is 2.99. The highest BCUT2D eigenvalue weighted by atomic mass is 32.1. The number of hydrogen-bond acceptors (Lipinski definition) is 6. The fourth-order valence-electron chi connectivity index (χ4n) is 1.50. The summed E-state index contributed by atoms with van der Waals surface area (Å²) >= 11 is 1.59. The molecule has 0 aliphatic rings. The highest BCUT2D eigenvalue weighted by molar-refractivity contribution is 7.09. The van der Waals surface area contributed by atoms with Crippen molar-refractivity contribution in [3.63, 3.8) is 0 Å². The van der Waals surface area contributed by atoms with Crippen molar-refractivity contribution in [2.45, 2.75) is 33.2 Å². The first kappa shape index (κ1) is 14.4. The molecule has 0 aliphatic carbocycles. The molecule has 20 heavy (non-hydrogen) atoms. The highest BCUT2D eigenvalue weighted by Crippen LogP contribution is 2.11. The van der Waals surface area contributed by atoms with E-state index in [0.717, 1.165) is 12.1 Å². The summed E-state index contributed by atoms with van der Waals surface area (Å²) in [7, 11) is 0. The SMILES string of the molecule is Cc1ncsc1CCNC(=O)Nc1nnn(C(C)C)n1. The molecule has 108 valence electrons. The second kappa shape index (κ2) is 6.42. The van der Waals surface area contributed by atoms with E-state index < -0.39 is 0 Å². The van der Waals surface area contributed by atoms with Crippen LogP contribution in [0.1, 0.15) is 30.5 Å². The lowest BCUT2D eigenvalue weighted by molar-refractivity contribution is 0.252. The van der Waals surface area contributed by atoms with Gasteiger partial charge in [0.1, 0.15) is 0 Å². The molecule has 0 spiro atoms. The van der Waals surface area contributed by atoms with Crippen LogP contribution in [0.4, 0.5) is 10.7 Å². The van der Waals surface area contributed by atoms with Gasteiger partial charge in [-0.3, -0.25) is 5.32 Å². The van der Waals surface area contributed by atoms with Crippen LogP contribution in [-0.2, 0) is 6.42 Å². The van der Waals surface area contributed by atoms with E-state index >= 15 is 0 Å². The van der Waals surface area contributed by atoms with Gasteiger partial charge in [0.2, 0.25) is 0 Å². The van der Waals surface area contributed by atoms with Crippen molar-refractivity contribution >= 4 is 23.3 Å². The number of aromatic nitrogens is 5. The standard InChI is InChI=1S/C11H17N7OS/c1-7(2)18-16-10(15-17-18)14-11(19)12-5-4-9-8(3)13-6-20-9/h6-7H,4-5H2,1-3H3,(H2,12,14,16,19). The molecule has 2 heterocycles. The Morgan fingerprint density at radius 2 is 2.30 bits per heavy atom. The quantitative estimate of drug-likeness (QED) is 0.868. The molecule has 0 saturated carbocycles. The van der Waals surface area contributed by atoms with Gasteiger partial charge in [-0.1, -0.05) is 5.10 Å². The Morgan fingerprint density at radius 3 is 2.90 bits per heavy atom. The molecule has 8 nitrogen and oxygen atoms in total. The van der Waals surface area contributed by atoms with Gasteiger partial charge in [0.15, 0.2) is 0 Å². The largest absolute Gasteiger partial charge is 0.337 e. The fraction of sp³-hybridized carbons (Fsp3) is 0.545. The van der Waals surface area contributed by atoms with Crippen LogP contribution in [0.5, 0.6) is 0 Å². The van der Waals surface area contributed by atoms with E-state index in [1.165, 1.54) is 9.67 Å². The number of tetrazole rings is 1. The first-order valence-corrected chi connectivity index (χ1v) is 7.17. The van der Waals surface area contributed by atoms with Gasteiger partial charge in [0, 0.05) is 17.8 Å². The van der Waals surface area contributed by atoms with Crippen LogP contribution in [-0.4, -0.2) is 37.8 Å². The zero-order valence-corrected chi connectivity index (χ0v) is 12.4. The summed E-state index contributed by atoms with van der Waals surface area (Å²) in [6.07, 6.45) is 0.760. The molecule has 0 aromatic carbocycles. The van der Waals surface area contributed by atoms with Crippen LogP contribution in [0.3, 0.4) is 0 Å². The zero-order valence-electron chi connectivity index (χ0n) is 11.6. The molecule has 0 saturated heterocycles. The summed E-state index contributed by atoms with van der Waals surface area (Å²) in [5.41, 5.74) is 2.82. The molecule has 0 unspecified atom stereocenters. The highest BCUT2D eigenvalue weighted by Gasteiger charge is 2.09. The maximum atomic E-state index is 11.7. The smallest absolute Gasteiger partial charge is 0.321 e. The Hall–Kier alpha value is -2.03. The van der Waals surface area contributed by atoms with Gasteiger partial charge in [0.25, 0.3) is 5.95 Å². The topological polar surface area (TPSA) is 97.6 Å². The van der Waals surface area contributed by atoms with Crippen LogP contribution < -0.4 is 10.6 Å². The lowest BCUT2D eigenvalue weighted by Crippen LogP contribution is -2.30. The Labute approximate surface area is 120 Å². The summed E-state index contributed by atoms with van der Waals surface area (Å²) < 4.78 is 0. The molecule has 2 rings (SSSR count). The van der Waals surface area contributed by atoms with Gasteiger partial charge in [-0.25, -0.2) is 9.78 Å². The third kappa shape index (κ3) is 3.73. The second-order valence-corrected chi connectivity index (χ2v) is 5.46. The van der Waals surface area contributed by atoms with Crippen LogP contribution in [0, 0.1) is 6.92 Å². The minimum Gasteiger partial charge on any atom is -0.337 e. The van der Waals surface area contributed by atoms with Crippen LogP contribution >= 0.6 is 11.3 Å². The first-order valence-electron chi connectivity index (χ1n) is 6.29. The van der Waals surface area contributed by atoms with E-state index in [1.807, 2.05) is 20.8 Å². The van der Waals surface area contributed by atoms with Crippen molar-refractivity contribution in [1.82, 2.24) is 30.5 Å². The van der Waals surface area contributed by atoms with Gasteiger partial charge < -0.3 is 5.32 Å². The molecule has 0 bridgehead atoms. The molecule has 2 N–H and O–H groups in total.